The molecular formula is C18H17ClF2N6O. The van der Waals surface area contributed by atoms with E-state index < -0.39 is 12.0 Å². The number of amides is 2. The molecular weight excluding hydrogens is 390 g/mol. The molecule has 0 spiro atoms. The summed E-state index contributed by atoms with van der Waals surface area (Å²) in [6.45, 7) is 0.362. The number of nitrogens with one attached hydrogen (secondary N) is 3. The Balaban J connectivity index is 1.42. The van der Waals surface area contributed by atoms with Gasteiger partial charge in [-0.15, -0.1) is 0 Å². The first-order valence-electron chi connectivity index (χ1n) is 8.70. The highest BCUT2D eigenvalue weighted by Gasteiger charge is 2.34. The van der Waals surface area contributed by atoms with Crippen LogP contribution in [0.3, 0.4) is 0 Å². The molecule has 0 atom stereocenters. The number of alkyl halides is 2. The van der Waals surface area contributed by atoms with Gasteiger partial charge in [0.05, 0.1) is 28.1 Å². The zero-order valence-electron chi connectivity index (χ0n) is 14.7. The Morgan fingerprint density at radius 3 is 2.79 bits per heavy atom. The largest absolute Gasteiger partial charge is 0.358 e. The second-order valence-corrected chi connectivity index (χ2v) is 6.96. The Labute approximate surface area is 164 Å². The smallest absolute Gasteiger partial charge is 0.323 e. The number of urea groups is 1. The van der Waals surface area contributed by atoms with Crippen molar-refractivity contribution in [3.63, 3.8) is 0 Å². The Morgan fingerprint density at radius 1 is 1.25 bits per heavy atom. The molecule has 4 rings (SSSR count). The number of aromatic nitrogens is 3. The molecule has 0 aromatic carbocycles. The fourth-order valence-electron chi connectivity index (χ4n) is 3.11. The van der Waals surface area contributed by atoms with E-state index in [1.165, 1.54) is 6.20 Å². The van der Waals surface area contributed by atoms with Crippen molar-refractivity contribution in [2.75, 3.05) is 28.6 Å². The van der Waals surface area contributed by atoms with Crippen molar-refractivity contribution >= 4 is 45.9 Å². The molecule has 146 valence electrons. The first-order chi connectivity index (χ1) is 13.4. The Bertz CT molecular complexity index is 1010. The van der Waals surface area contributed by atoms with E-state index in [2.05, 4.69) is 25.6 Å². The van der Waals surface area contributed by atoms with Crippen molar-refractivity contribution in [1.29, 1.82) is 0 Å². The molecule has 1 aliphatic rings. The van der Waals surface area contributed by atoms with Crippen LogP contribution in [0.2, 0.25) is 5.02 Å². The molecule has 0 saturated carbocycles. The maximum Gasteiger partial charge on any atom is 0.323 e. The first-order valence-corrected chi connectivity index (χ1v) is 9.07. The third kappa shape index (κ3) is 3.84. The summed E-state index contributed by atoms with van der Waals surface area (Å²) < 4.78 is 26.6. The molecule has 4 heterocycles. The van der Waals surface area contributed by atoms with E-state index in [9.17, 15) is 13.6 Å². The number of carbonyl (C=O) groups excluding carboxylic acids is 1. The van der Waals surface area contributed by atoms with Gasteiger partial charge < -0.3 is 20.5 Å². The van der Waals surface area contributed by atoms with Gasteiger partial charge in [-0.3, -0.25) is 4.98 Å². The number of halogens is 3. The number of anilines is 3. The molecule has 7 nitrogen and oxygen atoms in total. The van der Waals surface area contributed by atoms with Crippen LogP contribution in [0.4, 0.5) is 30.8 Å². The summed E-state index contributed by atoms with van der Waals surface area (Å²) in [5, 5.41) is 5.65. The molecule has 28 heavy (non-hydrogen) atoms. The van der Waals surface area contributed by atoms with E-state index in [1.807, 2.05) is 6.07 Å². The zero-order chi connectivity index (χ0) is 19.7. The molecule has 0 bridgehead atoms. The number of piperidine rings is 1. The van der Waals surface area contributed by atoms with Gasteiger partial charge in [-0.1, -0.05) is 11.6 Å². The number of aromatic amines is 1. The third-order valence-corrected chi connectivity index (χ3v) is 4.84. The maximum atomic E-state index is 13.3. The van der Waals surface area contributed by atoms with Gasteiger partial charge in [0.2, 0.25) is 0 Å². The molecule has 2 amide bonds. The Kier molecular flexibility index (Phi) is 4.76. The van der Waals surface area contributed by atoms with Gasteiger partial charge in [0.25, 0.3) is 5.92 Å². The SMILES string of the molecule is O=C(Nc1cnc(N2CCC(F)(F)CC2)c(Cl)c1)Nc1c[nH]c2cccnc12. The standard InChI is InChI=1S/C18H17ClF2N6O/c19-12-8-11(9-24-16(12)27-6-3-18(20,21)4-7-27)25-17(28)26-14-10-23-13-2-1-5-22-15(13)14/h1-2,5,8-10,23H,3-4,6-7H2,(H2,25,26,28). The lowest BCUT2D eigenvalue weighted by molar-refractivity contribution is -0.0221. The van der Waals surface area contributed by atoms with E-state index in [1.54, 1.807) is 29.4 Å². The molecule has 1 fully saturated rings. The fraction of sp³-hybridized carbons (Fsp3) is 0.278. The van der Waals surface area contributed by atoms with Crippen molar-refractivity contribution in [3.8, 4) is 0 Å². The minimum Gasteiger partial charge on any atom is -0.358 e. The van der Waals surface area contributed by atoms with E-state index in [-0.39, 0.29) is 31.0 Å². The monoisotopic (exact) mass is 406 g/mol. The van der Waals surface area contributed by atoms with Gasteiger partial charge in [0, 0.05) is 38.3 Å². The van der Waals surface area contributed by atoms with Crippen molar-refractivity contribution < 1.29 is 13.6 Å². The second-order valence-electron chi connectivity index (χ2n) is 6.55. The number of pyridine rings is 2. The highest BCUT2D eigenvalue weighted by Crippen LogP contribution is 2.33. The highest BCUT2D eigenvalue weighted by molar-refractivity contribution is 6.33. The van der Waals surface area contributed by atoms with E-state index in [0.29, 0.717) is 22.7 Å². The van der Waals surface area contributed by atoms with E-state index in [4.69, 9.17) is 11.6 Å². The average molecular weight is 407 g/mol. The van der Waals surface area contributed by atoms with Gasteiger partial charge in [0.15, 0.2) is 0 Å². The van der Waals surface area contributed by atoms with Crippen LogP contribution in [0.5, 0.6) is 0 Å². The number of hydrogen-bond acceptors (Lipinski definition) is 4. The number of rotatable bonds is 3. The lowest BCUT2D eigenvalue weighted by Gasteiger charge is -2.33. The molecule has 1 aliphatic heterocycles. The molecule has 10 heteroatoms. The van der Waals surface area contributed by atoms with Crippen LogP contribution in [-0.2, 0) is 0 Å². The van der Waals surface area contributed by atoms with Crippen molar-refractivity contribution in [2.45, 2.75) is 18.8 Å². The average Bonchev–Trinajstić information content (AvgIpc) is 3.05. The third-order valence-electron chi connectivity index (χ3n) is 4.56. The summed E-state index contributed by atoms with van der Waals surface area (Å²) in [5.74, 6) is -2.20. The lowest BCUT2D eigenvalue weighted by Crippen LogP contribution is -2.39. The molecule has 1 saturated heterocycles. The van der Waals surface area contributed by atoms with Crippen molar-refractivity contribution in [1.82, 2.24) is 15.0 Å². The summed E-state index contributed by atoms with van der Waals surface area (Å²) in [6, 6.07) is 4.71. The fourth-order valence-corrected chi connectivity index (χ4v) is 3.40. The minimum atomic E-state index is -2.64. The molecule has 0 aliphatic carbocycles. The lowest BCUT2D eigenvalue weighted by atomic mass is 10.1. The van der Waals surface area contributed by atoms with Gasteiger partial charge in [-0.25, -0.2) is 18.6 Å². The zero-order valence-corrected chi connectivity index (χ0v) is 15.4. The molecule has 3 aromatic heterocycles. The first kappa shape index (κ1) is 18.4. The van der Waals surface area contributed by atoms with Crippen molar-refractivity contribution in [2.24, 2.45) is 0 Å². The summed E-state index contributed by atoms with van der Waals surface area (Å²) in [5.41, 5.74) is 2.38. The number of nitrogens with zero attached hydrogens (tertiary/aromatic N) is 3. The van der Waals surface area contributed by atoms with Crippen LogP contribution in [0.15, 0.2) is 36.8 Å². The Hall–Kier alpha value is -2.94. The van der Waals surface area contributed by atoms with Crippen LogP contribution in [0, 0.1) is 0 Å². The van der Waals surface area contributed by atoms with Crippen LogP contribution < -0.4 is 15.5 Å². The summed E-state index contributed by atoms with van der Waals surface area (Å²) in [6.07, 6.45) is 4.27. The molecule has 3 N–H and O–H groups in total. The molecule has 0 unspecified atom stereocenters. The molecule has 3 aromatic rings. The maximum absolute atomic E-state index is 13.3. The predicted molar refractivity (Wildman–Crippen MR) is 104 cm³/mol. The quantitative estimate of drug-likeness (QED) is 0.598. The van der Waals surface area contributed by atoms with Crippen LogP contribution in [0.25, 0.3) is 11.0 Å². The highest BCUT2D eigenvalue weighted by atomic mass is 35.5. The predicted octanol–water partition coefficient (Wildman–Crippen LogP) is 4.49. The Morgan fingerprint density at radius 2 is 2.04 bits per heavy atom. The van der Waals surface area contributed by atoms with Gasteiger partial charge in [-0.05, 0) is 18.2 Å². The van der Waals surface area contributed by atoms with Gasteiger partial charge in [0.1, 0.15) is 11.3 Å². The molecule has 0 radical (unpaired) electrons. The summed E-state index contributed by atoms with van der Waals surface area (Å²) in [4.78, 5) is 25.5. The summed E-state index contributed by atoms with van der Waals surface area (Å²) >= 11 is 6.26. The van der Waals surface area contributed by atoms with E-state index in [0.717, 1.165) is 5.52 Å². The van der Waals surface area contributed by atoms with Gasteiger partial charge >= 0.3 is 6.03 Å². The van der Waals surface area contributed by atoms with Crippen LogP contribution >= 0.6 is 11.6 Å². The number of carbonyl (C=O) groups is 1. The number of hydrogen-bond donors (Lipinski definition) is 3. The van der Waals surface area contributed by atoms with Crippen LogP contribution in [-0.4, -0.2) is 40.0 Å². The van der Waals surface area contributed by atoms with Crippen molar-refractivity contribution in [3.05, 3.63) is 41.8 Å². The normalized spacial score (nSPS) is 16.2. The second kappa shape index (κ2) is 7.23. The van der Waals surface area contributed by atoms with Gasteiger partial charge in [-0.2, -0.15) is 0 Å². The topological polar surface area (TPSA) is 85.9 Å². The number of fused-ring (bicyclic) bond motifs is 1. The van der Waals surface area contributed by atoms with E-state index >= 15 is 0 Å². The number of H-pyrrole nitrogens is 1. The summed E-state index contributed by atoms with van der Waals surface area (Å²) in [7, 11) is 0. The van der Waals surface area contributed by atoms with Crippen LogP contribution in [0.1, 0.15) is 12.8 Å². The minimum absolute atomic E-state index is 0.181.